The highest BCUT2D eigenvalue weighted by molar-refractivity contribution is 7.33. The Labute approximate surface area is 70.3 Å². The van der Waals surface area contributed by atoms with Crippen LogP contribution in [0.5, 0.6) is 0 Å². The van der Waals surface area contributed by atoms with Gasteiger partial charge >= 0.3 is 8.25 Å². The molecule has 12 heavy (non-hydrogen) atoms. The molecule has 0 saturated carbocycles. The molecule has 2 N–H and O–H groups in total. The molecular formula is C6H6O5P+. The molecule has 0 radical (unpaired) electrons. The van der Waals surface area contributed by atoms with E-state index in [0.717, 1.165) is 0 Å². The summed E-state index contributed by atoms with van der Waals surface area (Å²) in [7, 11) is -2.42. The Hall–Kier alpha value is -1.26. The van der Waals surface area contributed by atoms with Gasteiger partial charge in [-0.1, -0.05) is 0 Å². The summed E-state index contributed by atoms with van der Waals surface area (Å²) in [6, 6.07) is 0. The average molecular weight is 189 g/mol. The van der Waals surface area contributed by atoms with Gasteiger partial charge in [-0.15, -0.1) is 0 Å². The molecule has 6 heteroatoms. The topological polar surface area (TPSA) is 76.0 Å². The lowest BCUT2D eigenvalue weighted by Crippen LogP contribution is -1.76. The minimum Gasteiger partial charge on any atom is -0.384 e. The highest BCUT2D eigenvalue weighted by Gasteiger charge is 2.18. The maximum absolute atomic E-state index is 10.5. The SMILES string of the molecule is O=[P+](OC#CCO)OC#CCO. The average Bonchev–Trinajstić information content (AvgIpc) is 2.06. The lowest BCUT2D eigenvalue weighted by molar-refractivity contribution is 0.345. The van der Waals surface area contributed by atoms with E-state index in [2.05, 4.69) is 20.9 Å². The number of hydrogen-bond acceptors (Lipinski definition) is 5. The summed E-state index contributed by atoms with van der Waals surface area (Å²) >= 11 is 0. The van der Waals surface area contributed by atoms with Gasteiger partial charge in [-0.25, -0.2) is 0 Å². The lowest BCUT2D eigenvalue weighted by Gasteiger charge is -1.72. The van der Waals surface area contributed by atoms with Gasteiger partial charge < -0.3 is 10.2 Å². The lowest BCUT2D eigenvalue weighted by atomic mass is 10.8. The van der Waals surface area contributed by atoms with Crippen LogP contribution >= 0.6 is 8.25 Å². The first-order valence-corrected chi connectivity index (χ1v) is 3.89. The highest BCUT2D eigenvalue weighted by Crippen LogP contribution is 2.21. The third kappa shape index (κ3) is 6.85. The first-order valence-electron chi connectivity index (χ1n) is 2.80. The second-order valence-corrected chi connectivity index (χ2v) is 2.09. The molecule has 0 bridgehead atoms. The van der Waals surface area contributed by atoms with Crippen LogP contribution < -0.4 is 0 Å². The van der Waals surface area contributed by atoms with Crippen molar-refractivity contribution < 1.29 is 23.8 Å². The fourth-order valence-corrected chi connectivity index (χ4v) is 0.538. The molecule has 0 amide bonds. The second-order valence-electron chi connectivity index (χ2n) is 1.28. The molecule has 0 aromatic carbocycles. The smallest absolute Gasteiger partial charge is 0.384 e. The predicted molar refractivity (Wildman–Crippen MR) is 39.5 cm³/mol. The van der Waals surface area contributed by atoms with Gasteiger partial charge in [0.25, 0.3) is 0 Å². The Kier molecular flexibility index (Phi) is 7.02. The van der Waals surface area contributed by atoms with Gasteiger partial charge in [-0.2, -0.15) is 9.05 Å². The molecule has 0 heterocycles. The van der Waals surface area contributed by atoms with E-state index in [4.69, 9.17) is 10.2 Å². The molecule has 0 aliphatic rings. The van der Waals surface area contributed by atoms with Crippen molar-refractivity contribution >= 4 is 8.25 Å². The van der Waals surface area contributed by atoms with Crippen LogP contribution in [0.15, 0.2) is 0 Å². The van der Waals surface area contributed by atoms with E-state index in [-0.39, 0.29) is 13.2 Å². The number of aliphatic hydroxyl groups excluding tert-OH is 2. The molecule has 0 saturated heterocycles. The van der Waals surface area contributed by atoms with Gasteiger partial charge in [-0.05, 0) is 11.8 Å². The van der Waals surface area contributed by atoms with E-state index in [1.165, 1.54) is 0 Å². The Morgan fingerprint density at radius 3 is 1.83 bits per heavy atom. The van der Waals surface area contributed by atoms with Gasteiger partial charge in [0.2, 0.25) is 0 Å². The number of hydrogen-bond donors (Lipinski definition) is 2. The van der Waals surface area contributed by atoms with E-state index in [1.807, 2.05) is 12.2 Å². The van der Waals surface area contributed by atoms with E-state index < -0.39 is 8.25 Å². The zero-order valence-corrected chi connectivity index (χ0v) is 6.88. The van der Waals surface area contributed by atoms with Crippen LogP contribution in [-0.4, -0.2) is 23.4 Å². The summed E-state index contributed by atoms with van der Waals surface area (Å²) in [5.74, 6) is 4.18. The van der Waals surface area contributed by atoms with Gasteiger partial charge in [0.1, 0.15) is 13.2 Å². The highest BCUT2D eigenvalue weighted by atomic mass is 31.1. The predicted octanol–water partition coefficient (Wildman–Crippen LogP) is -0.417. The molecule has 0 atom stereocenters. The summed E-state index contributed by atoms with van der Waals surface area (Å²) in [5, 5.41) is 16.3. The first kappa shape index (κ1) is 10.7. The van der Waals surface area contributed by atoms with Crippen molar-refractivity contribution in [3.05, 3.63) is 0 Å². The van der Waals surface area contributed by atoms with Crippen molar-refractivity contribution in [2.75, 3.05) is 13.2 Å². The van der Waals surface area contributed by atoms with E-state index in [0.29, 0.717) is 0 Å². The van der Waals surface area contributed by atoms with Crippen molar-refractivity contribution in [1.29, 1.82) is 0 Å². The van der Waals surface area contributed by atoms with Crippen molar-refractivity contribution in [3.63, 3.8) is 0 Å². The van der Waals surface area contributed by atoms with Crippen molar-refractivity contribution in [3.8, 4) is 24.1 Å². The largest absolute Gasteiger partial charge is 0.823 e. The summed E-state index contributed by atoms with van der Waals surface area (Å²) in [4.78, 5) is 0. The van der Waals surface area contributed by atoms with E-state index in [1.54, 1.807) is 0 Å². The van der Waals surface area contributed by atoms with Gasteiger partial charge in [0, 0.05) is 4.57 Å². The Morgan fingerprint density at radius 1 is 1.08 bits per heavy atom. The van der Waals surface area contributed by atoms with Gasteiger partial charge in [-0.3, -0.25) is 0 Å². The third-order valence-corrected chi connectivity index (χ3v) is 1.02. The second kappa shape index (κ2) is 7.84. The van der Waals surface area contributed by atoms with Crippen molar-refractivity contribution in [1.82, 2.24) is 0 Å². The molecule has 0 fully saturated rings. The molecule has 0 aliphatic heterocycles. The Bertz CT molecular complexity index is 227. The molecule has 5 nitrogen and oxygen atoms in total. The van der Waals surface area contributed by atoms with Crippen LogP contribution in [0.25, 0.3) is 0 Å². The normalized spacial score (nSPS) is 6.83. The molecule has 0 rings (SSSR count). The van der Waals surface area contributed by atoms with Crippen LogP contribution in [0.4, 0.5) is 0 Å². The minimum absolute atomic E-state index is 0.383. The van der Waals surface area contributed by atoms with Crippen LogP contribution in [0.3, 0.4) is 0 Å². The summed E-state index contributed by atoms with van der Waals surface area (Å²) < 4.78 is 18.9. The summed E-state index contributed by atoms with van der Waals surface area (Å²) in [6.45, 7) is -0.767. The quantitative estimate of drug-likeness (QED) is 0.456. The molecule has 0 spiro atoms. The minimum atomic E-state index is -2.42. The van der Waals surface area contributed by atoms with Gasteiger partial charge in [0.15, 0.2) is 12.2 Å². The summed E-state index contributed by atoms with van der Waals surface area (Å²) in [5.41, 5.74) is 0. The maximum atomic E-state index is 10.5. The Morgan fingerprint density at radius 2 is 1.50 bits per heavy atom. The molecule has 0 aromatic heterocycles. The zero-order valence-electron chi connectivity index (χ0n) is 5.98. The first-order chi connectivity index (χ1) is 5.81. The molecule has 0 aliphatic carbocycles. The fourth-order valence-electron chi connectivity index (χ4n) is 0.222. The fraction of sp³-hybridized carbons (Fsp3) is 0.333. The maximum Gasteiger partial charge on any atom is 0.823 e. The van der Waals surface area contributed by atoms with Crippen LogP contribution in [0, 0.1) is 24.1 Å². The molecule has 0 unspecified atom stereocenters. The Balaban J connectivity index is 3.60. The van der Waals surface area contributed by atoms with Crippen LogP contribution in [0.1, 0.15) is 0 Å². The van der Waals surface area contributed by atoms with Crippen molar-refractivity contribution in [2.24, 2.45) is 0 Å². The third-order valence-electron chi connectivity index (χ3n) is 0.543. The molecule has 64 valence electrons. The molecular weight excluding hydrogens is 183 g/mol. The van der Waals surface area contributed by atoms with E-state index in [9.17, 15) is 4.57 Å². The van der Waals surface area contributed by atoms with Crippen molar-refractivity contribution in [2.45, 2.75) is 0 Å². The van der Waals surface area contributed by atoms with Crippen LogP contribution in [-0.2, 0) is 13.6 Å². The number of aliphatic hydroxyl groups is 2. The van der Waals surface area contributed by atoms with Crippen LogP contribution in [0.2, 0.25) is 0 Å². The molecule has 0 aromatic rings. The number of rotatable bonds is 2. The summed E-state index contributed by atoms with van der Waals surface area (Å²) in [6.07, 6.45) is 3.85. The van der Waals surface area contributed by atoms with E-state index >= 15 is 0 Å². The van der Waals surface area contributed by atoms with Gasteiger partial charge in [0.05, 0.1) is 0 Å². The standard InChI is InChI=1S/C6H6O5P/c7-3-1-5-10-12(9)11-6-2-4-8/h7-8H,3-4H2/q+1. The monoisotopic (exact) mass is 189 g/mol. The zero-order chi connectivity index (χ0) is 9.23.